The summed E-state index contributed by atoms with van der Waals surface area (Å²) < 4.78 is 8.04. The monoisotopic (exact) mass is 301 g/mol. The average molecular weight is 301 g/mol. The Bertz CT molecular complexity index is 587. The van der Waals surface area contributed by atoms with E-state index in [0.717, 1.165) is 5.56 Å². The van der Waals surface area contributed by atoms with Crippen LogP contribution in [0.3, 0.4) is 0 Å². The first kappa shape index (κ1) is 15.7. The molecule has 0 aliphatic carbocycles. The summed E-state index contributed by atoms with van der Waals surface area (Å²) in [5, 5.41) is 4.13. The molecule has 112 valence electrons. The molecule has 0 aliphatic rings. The summed E-state index contributed by atoms with van der Waals surface area (Å²) in [6.07, 6.45) is 5.63. The van der Waals surface area contributed by atoms with Gasteiger partial charge >= 0.3 is 0 Å². The van der Waals surface area contributed by atoms with Gasteiger partial charge in [-0.15, -0.1) is 0 Å². The van der Waals surface area contributed by atoms with Gasteiger partial charge in [0.25, 0.3) is 0 Å². The number of aryl methyl sites for hydroxylation is 1. The van der Waals surface area contributed by atoms with Crippen LogP contribution in [-0.4, -0.2) is 30.9 Å². The molecule has 4 nitrogen and oxygen atoms in total. The smallest absolute Gasteiger partial charge is 0.184 e. The number of aromatic nitrogens is 2. The molecular formula is C16H23N3OSi. The van der Waals surface area contributed by atoms with E-state index in [1.807, 2.05) is 37.7 Å². The summed E-state index contributed by atoms with van der Waals surface area (Å²) in [6.45, 7) is 7.23. The van der Waals surface area contributed by atoms with Crippen molar-refractivity contribution in [2.45, 2.75) is 25.7 Å². The molecule has 0 fully saturated rings. The first-order valence-corrected chi connectivity index (χ1v) is 10.6. The molecule has 1 atom stereocenters. The molecule has 2 rings (SSSR count). The second-order valence-corrected chi connectivity index (χ2v) is 10.5. The Labute approximate surface area is 127 Å². The number of hydrogen-bond donors (Lipinski definition) is 0. The molecule has 1 aromatic heterocycles. The predicted octanol–water partition coefficient (Wildman–Crippen LogP) is 3.43. The molecule has 0 aliphatic heterocycles. The molecule has 5 heteroatoms. The van der Waals surface area contributed by atoms with Crippen LogP contribution in [0.15, 0.2) is 47.7 Å². The molecule has 0 saturated heterocycles. The lowest BCUT2D eigenvalue weighted by Gasteiger charge is -2.25. The Morgan fingerprint density at radius 1 is 1.29 bits per heavy atom. The highest BCUT2D eigenvalue weighted by Gasteiger charge is 2.21. The largest absolute Gasteiger partial charge is 0.409 e. The van der Waals surface area contributed by atoms with Gasteiger partial charge in [0.05, 0.1) is 18.8 Å². The minimum Gasteiger partial charge on any atom is -0.409 e. The fraction of sp³-hybridized carbons (Fsp3) is 0.375. The molecule has 21 heavy (non-hydrogen) atoms. The van der Waals surface area contributed by atoms with Crippen molar-refractivity contribution in [3.8, 4) is 0 Å². The highest BCUT2D eigenvalue weighted by Crippen LogP contribution is 2.22. The van der Waals surface area contributed by atoms with E-state index in [-0.39, 0.29) is 6.10 Å². The SMILES string of the molecule is Cn1cc(C=NCC(O[Si](C)(C)C)c2ccccc2)cn1. The summed E-state index contributed by atoms with van der Waals surface area (Å²) >= 11 is 0. The molecule has 0 saturated carbocycles. The standard InChI is InChI=1S/C16H23N3OSi/c1-19-13-14(11-18-19)10-17-12-16(20-21(2,3)4)15-8-6-5-7-9-15/h5-11,13,16H,12H2,1-4H3. The van der Waals surface area contributed by atoms with Gasteiger partial charge in [0.15, 0.2) is 8.32 Å². The van der Waals surface area contributed by atoms with Gasteiger partial charge in [-0.2, -0.15) is 5.10 Å². The van der Waals surface area contributed by atoms with Crippen molar-refractivity contribution in [2.24, 2.45) is 12.0 Å². The lowest BCUT2D eigenvalue weighted by atomic mass is 10.1. The Hall–Kier alpha value is -1.72. The maximum absolute atomic E-state index is 6.27. The van der Waals surface area contributed by atoms with E-state index in [4.69, 9.17) is 4.43 Å². The van der Waals surface area contributed by atoms with Crippen molar-refractivity contribution >= 4 is 14.5 Å². The van der Waals surface area contributed by atoms with Crippen LogP contribution in [0.1, 0.15) is 17.2 Å². The number of rotatable bonds is 6. The Morgan fingerprint density at radius 3 is 2.57 bits per heavy atom. The van der Waals surface area contributed by atoms with Gasteiger partial charge in [0.2, 0.25) is 0 Å². The first-order valence-electron chi connectivity index (χ1n) is 7.15. The van der Waals surface area contributed by atoms with Crippen LogP contribution in [0.4, 0.5) is 0 Å². The van der Waals surface area contributed by atoms with Gasteiger partial charge in [-0.3, -0.25) is 9.67 Å². The van der Waals surface area contributed by atoms with Crippen molar-refractivity contribution in [2.75, 3.05) is 6.54 Å². The van der Waals surface area contributed by atoms with E-state index in [1.54, 1.807) is 10.9 Å². The molecule has 2 aromatic rings. The number of hydrogen-bond acceptors (Lipinski definition) is 3. The van der Waals surface area contributed by atoms with Gasteiger partial charge in [0, 0.05) is 25.0 Å². The van der Waals surface area contributed by atoms with E-state index >= 15 is 0 Å². The first-order chi connectivity index (χ1) is 9.94. The van der Waals surface area contributed by atoms with E-state index in [9.17, 15) is 0 Å². The zero-order valence-electron chi connectivity index (χ0n) is 13.2. The van der Waals surface area contributed by atoms with E-state index in [1.165, 1.54) is 5.56 Å². The third-order valence-electron chi connectivity index (χ3n) is 2.90. The summed E-state index contributed by atoms with van der Waals surface area (Å²) in [4.78, 5) is 4.53. The highest BCUT2D eigenvalue weighted by molar-refractivity contribution is 6.69. The van der Waals surface area contributed by atoms with Crippen molar-refractivity contribution in [3.05, 3.63) is 53.9 Å². The highest BCUT2D eigenvalue weighted by atomic mass is 28.4. The van der Waals surface area contributed by atoms with Gasteiger partial charge in [-0.25, -0.2) is 0 Å². The van der Waals surface area contributed by atoms with Crippen molar-refractivity contribution in [1.29, 1.82) is 0 Å². The van der Waals surface area contributed by atoms with Crippen molar-refractivity contribution in [1.82, 2.24) is 9.78 Å². The minimum atomic E-state index is -1.62. The minimum absolute atomic E-state index is 0.0192. The van der Waals surface area contributed by atoms with Gasteiger partial charge in [-0.1, -0.05) is 30.3 Å². The maximum Gasteiger partial charge on any atom is 0.184 e. The topological polar surface area (TPSA) is 39.4 Å². The number of aliphatic imine (C=N–C) groups is 1. The lowest BCUT2D eigenvalue weighted by molar-refractivity contribution is 0.207. The molecular weight excluding hydrogens is 278 g/mol. The van der Waals surface area contributed by atoms with Crippen LogP contribution in [-0.2, 0) is 11.5 Å². The second-order valence-electron chi connectivity index (χ2n) is 6.07. The second kappa shape index (κ2) is 6.82. The van der Waals surface area contributed by atoms with Crippen LogP contribution in [0.2, 0.25) is 19.6 Å². The zero-order valence-corrected chi connectivity index (χ0v) is 14.2. The molecule has 0 amide bonds. The quantitative estimate of drug-likeness (QED) is 0.606. The molecule has 1 aromatic carbocycles. The third-order valence-corrected chi connectivity index (χ3v) is 3.90. The molecule has 0 bridgehead atoms. The predicted molar refractivity (Wildman–Crippen MR) is 89.3 cm³/mol. The van der Waals surface area contributed by atoms with Crippen molar-refractivity contribution < 1.29 is 4.43 Å². The van der Waals surface area contributed by atoms with E-state index in [0.29, 0.717) is 6.54 Å². The van der Waals surface area contributed by atoms with E-state index in [2.05, 4.69) is 41.9 Å². The molecule has 0 radical (unpaired) electrons. The van der Waals surface area contributed by atoms with Crippen LogP contribution < -0.4 is 0 Å². The van der Waals surface area contributed by atoms with Gasteiger partial charge in [-0.05, 0) is 25.2 Å². The molecule has 0 spiro atoms. The van der Waals surface area contributed by atoms with Gasteiger partial charge < -0.3 is 4.43 Å². The Morgan fingerprint density at radius 2 is 2.00 bits per heavy atom. The third kappa shape index (κ3) is 5.28. The fourth-order valence-electron chi connectivity index (χ4n) is 2.07. The zero-order chi connectivity index (χ0) is 15.3. The van der Waals surface area contributed by atoms with Crippen LogP contribution in [0, 0.1) is 0 Å². The molecule has 1 unspecified atom stereocenters. The fourth-order valence-corrected chi connectivity index (χ4v) is 3.13. The number of nitrogens with zero attached hydrogens (tertiary/aromatic N) is 3. The summed E-state index contributed by atoms with van der Waals surface area (Å²) in [5.74, 6) is 0. The molecule has 0 N–H and O–H groups in total. The van der Waals surface area contributed by atoms with Crippen molar-refractivity contribution in [3.63, 3.8) is 0 Å². The van der Waals surface area contributed by atoms with E-state index < -0.39 is 8.32 Å². The Kier molecular flexibility index (Phi) is 5.09. The van der Waals surface area contributed by atoms with Crippen LogP contribution in [0.5, 0.6) is 0 Å². The number of benzene rings is 1. The Balaban J connectivity index is 2.07. The normalized spacial score (nSPS) is 13.7. The van der Waals surface area contributed by atoms with Crippen LogP contribution >= 0.6 is 0 Å². The maximum atomic E-state index is 6.27. The molecule has 1 heterocycles. The average Bonchev–Trinajstić information content (AvgIpc) is 2.83. The summed E-state index contributed by atoms with van der Waals surface area (Å²) in [7, 11) is 0.283. The summed E-state index contributed by atoms with van der Waals surface area (Å²) in [5.41, 5.74) is 2.19. The lowest BCUT2D eigenvalue weighted by Crippen LogP contribution is -2.29. The van der Waals surface area contributed by atoms with Crippen LogP contribution in [0.25, 0.3) is 0 Å². The summed E-state index contributed by atoms with van der Waals surface area (Å²) in [6, 6.07) is 10.3. The van der Waals surface area contributed by atoms with Gasteiger partial charge in [0.1, 0.15) is 0 Å².